The second-order valence-corrected chi connectivity index (χ2v) is 9.91. The fourth-order valence-electron chi connectivity index (χ4n) is 2.51. The molecule has 25 heavy (non-hydrogen) atoms. The number of carbonyl (C=O) groups is 2. The minimum atomic E-state index is -3.54. The highest BCUT2D eigenvalue weighted by atomic mass is 35.5. The first kappa shape index (κ1) is 18.6. The smallest absolute Gasteiger partial charge is 0.321 e. The maximum absolute atomic E-state index is 12.5. The third-order valence-electron chi connectivity index (χ3n) is 4.01. The van der Waals surface area contributed by atoms with Gasteiger partial charge in [-0.3, -0.25) is 15.0 Å². The molecule has 2 aliphatic rings. The molecule has 2 fully saturated rings. The van der Waals surface area contributed by atoms with Crippen molar-refractivity contribution < 1.29 is 18.0 Å². The van der Waals surface area contributed by atoms with Crippen LogP contribution >= 0.6 is 22.9 Å². The minimum absolute atomic E-state index is 0.0663. The quantitative estimate of drug-likeness (QED) is 0.749. The van der Waals surface area contributed by atoms with E-state index in [1.165, 1.54) is 10.4 Å². The SMILES string of the molecule is O=C(CN1CCN(S(=O)(=O)c2ccc(Cl)s2)CC1)NC(=O)NC1CC1. The predicted octanol–water partition coefficient (Wildman–Crippen LogP) is 0.696. The normalized spacial score (nSPS) is 19.6. The van der Waals surface area contributed by atoms with Crippen LogP contribution in [0.15, 0.2) is 16.3 Å². The Hall–Kier alpha value is -1.20. The van der Waals surface area contributed by atoms with Crippen molar-refractivity contribution in [1.29, 1.82) is 0 Å². The third-order valence-corrected chi connectivity index (χ3v) is 7.60. The highest BCUT2D eigenvalue weighted by Crippen LogP contribution is 2.28. The zero-order valence-electron chi connectivity index (χ0n) is 13.4. The van der Waals surface area contributed by atoms with E-state index in [1.54, 1.807) is 6.07 Å². The molecule has 3 amide bonds. The van der Waals surface area contributed by atoms with E-state index in [2.05, 4.69) is 10.6 Å². The molecule has 0 unspecified atom stereocenters. The number of amides is 3. The molecule has 1 aromatic heterocycles. The number of halogens is 1. The number of piperazine rings is 1. The maximum Gasteiger partial charge on any atom is 0.321 e. The molecule has 1 saturated carbocycles. The summed E-state index contributed by atoms with van der Waals surface area (Å²) in [4.78, 5) is 25.2. The second-order valence-electron chi connectivity index (χ2n) is 6.03. The van der Waals surface area contributed by atoms with Crippen molar-refractivity contribution in [3.8, 4) is 0 Å². The van der Waals surface area contributed by atoms with E-state index in [0.29, 0.717) is 30.5 Å². The molecule has 138 valence electrons. The van der Waals surface area contributed by atoms with Crippen LogP contribution in [0.4, 0.5) is 4.79 Å². The summed E-state index contributed by atoms with van der Waals surface area (Å²) in [7, 11) is -3.54. The Labute approximate surface area is 155 Å². The highest BCUT2D eigenvalue weighted by Gasteiger charge is 2.30. The van der Waals surface area contributed by atoms with E-state index >= 15 is 0 Å². The Balaban J connectivity index is 1.46. The molecule has 2 heterocycles. The fourth-order valence-corrected chi connectivity index (χ4v) is 5.57. The lowest BCUT2D eigenvalue weighted by Gasteiger charge is -2.33. The summed E-state index contributed by atoms with van der Waals surface area (Å²) < 4.78 is 27.1. The van der Waals surface area contributed by atoms with Gasteiger partial charge in [-0.25, -0.2) is 13.2 Å². The van der Waals surface area contributed by atoms with Crippen molar-refractivity contribution in [2.45, 2.75) is 23.1 Å². The first-order valence-electron chi connectivity index (χ1n) is 7.93. The van der Waals surface area contributed by atoms with E-state index in [1.807, 2.05) is 4.90 Å². The van der Waals surface area contributed by atoms with E-state index in [0.717, 1.165) is 24.2 Å². The molecule has 1 aliphatic carbocycles. The maximum atomic E-state index is 12.5. The molecule has 0 bridgehead atoms. The average molecular weight is 407 g/mol. The molecule has 1 aliphatic heterocycles. The summed E-state index contributed by atoms with van der Waals surface area (Å²) in [6.07, 6.45) is 1.90. The minimum Gasteiger partial charge on any atom is -0.335 e. The Morgan fingerprint density at radius 2 is 1.88 bits per heavy atom. The first-order chi connectivity index (χ1) is 11.8. The molecule has 8 nitrogen and oxygen atoms in total. The lowest BCUT2D eigenvalue weighted by atomic mass is 10.3. The van der Waals surface area contributed by atoms with E-state index in [4.69, 9.17) is 11.6 Å². The summed E-state index contributed by atoms with van der Waals surface area (Å²) in [5, 5.41) is 4.98. The summed E-state index contributed by atoms with van der Waals surface area (Å²) in [5.41, 5.74) is 0. The van der Waals surface area contributed by atoms with E-state index in [-0.39, 0.29) is 22.7 Å². The van der Waals surface area contributed by atoms with Crippen molar-refractivity contribution in [3.63, 3.8) is 0 Å². The Bertz CT molecular complexity index is 755. The van der Waals surface area contributed by atoms with Crippen LogP contribution in [0, 0.1) is 0 Å². The fraction of sp³-hybridized carbons (Fsp3) is 0.571. The van der Waals surface area contributed by atoms with Crippen molar-refractivity contribution in [3.05, 3.63) is 16.5 Å². The zero-order valence-corrected chi connectivity index (χ0v) is 15.8. The van der Waals surface area contributed by atoms with Crippen LogP contribution in [0.25, 0.3) is 0 Å². The molecule has 0 radical (unpaired) electrons. The number of nitrogens with zero attached hydrogens (tertiary/aromatic N) is 2. The van der Waals surface area contributed by atoms with Crippen LogP contribution in [0.1, 0.15) is 12.8 Å². The number of urea groups is 1. The number of imide groups is 1. The van der Waals surface area contributed by atoms with Crippen LogP contribution in [-0.2, 0) is 14.8 Å². The van der Waals surface area contributed by atoms with Gasteiger partial charge in [-0.2, -0.15) is 4.31 Å². The lowest BCUT2D eigenvalue weighted by Crippen LogP contribution is -2.52. The van der Waals surface area contributed by atoms with E-state index in [9.17, 15) is 18.0 Å². The number of nitrogens with one attached hydrogen (secondary N) is 2. The lowest BCUT2D eigenvalue weighted by molar-refractivity contribution is -0.121. The van der Waals surface area contributed by atoms with Crippen LogP contribution in [0.2, 0.25) is 4.34 Å². The van der Waals surface area contributed by atoms with Gasteiger partial charge in [0.2, 0.25) is 5.91 Å². The molecule has 11 heteroatoms. The number of carbonyl (C=O) groups excluding carboxylic acids is 2. The molecule has 1 aromatic rings. The number of rotatable bonds is 5. The van der Waals surface area contributed by atoms with Gasteiger partial charge in [-0.05, 0) is 25.0 Å². The third kappa shape index (κ3) is 4.91. The van der Waals surface area contributed by atoms with Crippen molar-refractivity contribution in [2.24, 2.45) is 0 Å². The van der Waals surface area contributed by atoms with Gasteiger partial charge < -0.3 is 5.32 Å². The van der Waals surface area contributed by atoms with Crippen LogP contribution in [-0.4, -0.2) is 68.3 Å². The number of hydrogen-bond donors (Lipinski definition) is 2. The summed E-state index contributed by atoms with van der Waals surface area (Å²) in [6, 6.07) is 2.78. The largest absolute Gasteiger partial charge is 0.335 e. The summed E-state index contributed by atoms with van der Waals surface area (Å²) in [5.74, 6) is -0.389. The number of thiophene rings is 1. The molecule has 0 spiro atoms. The molecule has 1 saturated heterocycles. The molecular formula is C14H19ClN4O4S2. The van der Waals surface area contributed by atoms with Gasteiger partial charge in [-0.15, -0.1) is 11.3 Å². The molecule has 3 rings (SSSR count). The van der Waals surface area contributed by atoms with Crippen molar-refractivity contribution in [2.75, 3.05) is 32.7 Å². The first-order valence-corrected chi connectivity index (χ1v) is 10.6. The topological polar surface area (TPSA) is 98.8 Å². The van der Waals surface area contributed by atoms with E-state index < -0.39 is 16.1 Å². The molecular weight excluding hydrogens is 388 g/mol. The van der Waals surface area contributed by atoms with Crippen molar-refractivity contribution >= 4 is 44.9 Å². The molecule has 2 N–H and O–H groups in total. The predicted molar refractivity (Wildman–Crippen MR) is 94.2 cm³/mol. The Morgan fingerprint density at radius 1 is 1.20 bits per heavy atom. The summed E-state index contributed by atoms with van der Waals surface area (Å²) >= 11 is 6.84. The number of hydrogen-bond acceptors (Lipinski definition) is 6. The van der Waals surface area contributed by atoms with Crippen LogP contribution in [0.5, 0.6) is 0 Å². The van der Waals surface area contributed by atoms with Gasteiger partial charge in [0.15, 0.2) is 0 Å². The molecule has 0 atom stereocenters. The average Bonchev–Trinajstić information content (AvgIpc) is 3.24. The standard InChI is InChI=1S/C14H19ClN4O4S2/c15-11-3-4-13(24-11)25(22,23)19-7-5-18(6-8-19)9-12(20)17-14(21)16-10-1-2-10/h3-4,10H,1-2,5-9H2,(H2,16,17,20,21). The van der Waals surface area contributed by atoms with Gasteiger partial charge in [-0.1, -0.05) is 11.6 Å². The van der Waals surface area contributed by atoms with Crippen LogP contribution < -0.4 is 10.6 Å². The summed E-state index contributed by atoms with van der Waals surface area (Å²) in [6.45, 7) is 1.50. The van der Waals surface area contributed by atoms with Gasteiger partial charge in [0.05, 0.1) is 10.9 Å². The Morgan fingerprint density at radius 3 is 2.44 bits per heavy atom. The highest BCUT2D eigenvalue weighted by molar-refractivity contribution is 7.91. The second kappa shape index (κ2) is 7.58. The van der Waals surface area contributed by atoms with Gasteiger partial charge >= 0.3 is 6.03 Å². The molecule has 0 aromatic carbocycles. The monoisotopic (exact) mass is 406 g/mol. The number of sulfonamides is 1. The van der Waals surface area contributed by atoms with Crippen molar-refractivity contribution in [1.82, 2.24) is 19.8 Å². The zero-order chi connectivity index (χ0) is 18.0. The van der Waals surface area contributed by atoms with Gasteiger partial charge in [0.1, 0.15) is 4.21 Å². The van der Waals surface area contributed by atoms with Gasteiger partial charge in [0.25, 0.3) is 10.0 Å². The Kier molecular flexibility index (Phi) is 5.64. The van der Waals surface area contributed by atoms with Crippen LogP contribution in [0.3, 0.4) is 0 Å². The van der Waals surface area contributed by atoms with Gasteiger partial charge in [0, 0.05) is 32.2 Å².